The Morgan fingerprint density at radius 1 is 1.32 bits per heavy atom. The van der Waals surface area contributed by atoms with E-state index in [2.05, 4.69) is 20.9 Å². The first-order valence-corrected chi connectivity index (χ1v) is 11.2. The average molecular weight is 558 g/mol. The summed E-state index contributed by atoms with van der Waals surface area (Å²) in [7, 11) is 0. The lowest BCUT2D eigenvalue weighted by Crippen LogP contribution is -2.44. The Morgan fingerprint density at radius 3 is 2.81 bits per heavy atom. The number of carbonyl (C=O) groups excluding carboxylic acids is 1. The van der Waals surface area contributed by atoms with Gasteiger partial charge in [0.1, 0.15) is 11.4 Å². The lowest BCUT2D eigenvalue weighted by molar-refractivity contribution is -0.123. The Hall–Kier alpha value is -1.85. The third kappa shape index (κ3) is 8.66. The molecular formula is C22H31IN4O3S. The molecule has 4 N–H and O–H groups in total. The average Bonchev–Trinajstić information content (AvgIpc) is 3.35. The number of halogens is 1. The van der Waals surface area contributed by atoms with Gasteiger partial charge in [-0.05, 0) is 66.8 Å². The van der Waals surface area contributed by atoms with Gasteiger partial charge < -0.3 is 25.8 Å². The van der Waals surface area contributed by atoms with E-state index in [1.807, 2.05) is 48.0 Å². The van der Waals surface area contributed by atoms with Gasteiger partial charge in [0.25, 0.3) is 5.91 Å². The molecule has 1 heterocycles. The molecule has 1 amide bonds. The van der Waals surface area contributed by atoms with E-state index >= 15 is 0 Å². The summed E-state index contributed by atoms with van der Waals surface area (Å²) >= 11 is 1.56. The van der Waals surface area contributed by atoms with Crippen LogP contribution in [0.3, 0.4) is 0 Å². The zero-order chi connectivity index (χ0) is 21.4. The quantitative estimate of drug-likeness (QED) is 0.205. The maximum absolute atomic E-state index is 11.8. The molecule has 0 aliphatic heterocycles. The molecule has 0 saturated heterocycles. The highest BCUT2D eigenvalue weighted by atomic mass is 127. The van der Waals surface area contributed by atoms with Gasteiger partial charge in [0.05, 0.1) is 13.1 Å². The summed E-state index contributed by atoms with van der Waals surface area (Å²) in [5, 5.41) is 23.9. The van der Waals surface area contributed by atoms with Gasteiger partial charge in [-0.3, -0.25) is 4.79 Å². The molecule has 1 fully saturated rings. The summed E-state index contributed by atoms with van der Waals surface area (Å²) in [6.45, 7) is 5.30. The molecule has 0 radical (unpaired) electrons. The minimum Gasteiger partial charge on any atom is -0.484 e. The van der Waals surface area contributed by atoms with Crippen LogP contribution in [0.1, 0.15) is 37.8 Å². The van der Waals surface area contributed by atoms with Crippen LogP contribution in [0.25, 0.3) is 0 Å². The second-order valence-corrected chi connectivity index (χ2v) is 8.39. The normalized spacial score (nSPS) is 15.4. The Morgan fingerprint density at radius 2 is 2.13 bits per heavy atom. The lowest BCUT2D eigenvalue weighted by Gasteiger charge is -2.24. The molecule has 1 aliphatic carbocycles. The smallest absolute Gasteiger partial charge is 0.258 e. The number of hydrogen-bond acceptors (Lipinski definition) is 5. The zero-order valence-electron chi connectivity index (χ0n) is 17.9. The molecule has 1 unspecified atom stereocenters. The second-order valence-electron chi connectivity index (χ2n) is 7.61. The van der Waals surface area contributed by atoms with E-state index in [1.165, 1.54) is 0 Å². The predicted octanol–water partition coefficient (Wildman–Crippen LogP) is 2.99. The van der Waals surface area contributed by atoms with Crippen LogP contribution in [-0.2, 0) is 16.9 Å². The fraction of sp³-hybridized carbons (Fsp3) is 0.455. The molecule has 170 valence electrons. The number of nitrogens with one attached hydrogen (secondary N) is 3. The van der Waals surface area contributed by atoms with E-state index in [0.717, 1.165) is 24.0 Å². The van der Waals surface area contributed by atoms with Crippen molar-refractivity contribution in [3.63, 3.8) is 0 Å². The van der Waals surface area contributed by atoms with Crippen molar-refractivity contribution < 1.29 is 14.6 Å². The molecule has 1 aliphatic rings. The number of hydrogen-bond donors (Lipinski definition) is 4. The van der Waals surface area contributed by atoms with E-state index in [0.29, 0.717) is 37.4 Å². The van der Waals surface area contributed by atoms with Gasteiger partial charge in [-0.1, -0.05) is 12.1 Å². The number of benzene rings is 1. The summed E-state index contributed by atoms with van der Waals surface area (Å²) in [5.74, 6) is 1.19. The molecule has 1 aromatic heterocycles. The maximum atomic E-state index is 11.8. The van der Waals surface area contributed by atoms with E-state index in [4.69, 9.17) is 4.74 Å². The third-order valence-electron chi connectivity index (χ3n) is 4.72. The van der Waals surface area contributed by atoms with Gasteiger partial charge in [0.2, 0.25) is 0 Å². The fourth-order valence-electron chi connectivity index (χ4n) is 2.82. The summed E-state index contributed by atoms with van der Waals surface area (Å²) in [4.78, 5) is 16.4. The van der Waals surface area contributed by atoms with Gasteiger partial charge in [-0.15, -0.1) is 24.0 Å². The van der Waals surface area contributed by atoms with Gasteiger partial charge in [0, 0.05) is 12.6 Å². The molecule has 1 atom stereocenters. The predicted molar refractivity (Wildman–Crippen MR) is 135 cm³/mol. The van der Waals surface area contributed by atoms with Crippen LogP contribution in [0, 0.1) is 0 Å². The number of guanidine groups is 1. The van der Waals surface area contributed by atoms with Crippen molar-refractivity contribution in [2.45, 2.75) is 44.9 Å². The van der Waals surface area contributed by atoms with Crippen LogP contribution in [0.4, 0.5) is 0 Å². The lowest BCUT2D eigenvalue weighted by atomic mass is 9.99. The molecule has 1 aromatic carbocycles. The Balaban J connectivity index is 0.00000341. The van der Waals surface area contributed by atoms with Crippen molar-refractivity contribution in [1.29, 1.82) is 0 Å². The van der Waals surface area contributed by atoms with Crippen molar-refractivity contribution in [2.75, 3.05) is 19.7 Å². The SMILES string of the molecule is CCNC(=NCc1cccc(OCC(=O)NC2CC2)c1)NCC(C)(O)c1ccsc1.I. The van der Waals surface area contributed by atoms with Crippen LogP contribution in [0.2, 0.25) is 0 Å². The highest BCUT2D eigenvalue weighted by molar-refractivity contribution is 14.0. The Labute approximate surface area is 204 Å². The highest BCUT2D eigenvalue weighted by Crippen LogP contribution is 2.22. The topological polar surface area (TPSA) is 95.0 Å². The summed E-state index contributed by atoms with van der Waals surface area (Å²) in [5.41, 5.74) is 0.869. The number of aliphatic imine (C=N–C) groups is 1. The Bertz CT molecular complexity index is 854. The molecule has 0 bridgehead atoms. The van der Waals surface area contributed by atoms with Crippen LogP contribution < -0.4 is 20.7 Å². The molecule has 0 spiro atoms. The largest absolute Gasteiger partial charge is 0.484 e. The van der Waals surface area contributed by atoms with Crippen molar-refractivity contribution >= 4 is 47.2 Å². The minimum absolute atomic E-state index is 0. The van der Waals surface area contributed by atoms with Crippen molar-refractivity contribution in [3.8, 4) is 5.75 Å². The first-order valence-electron chi connectivity index (χ1n) is 10.2. The number of ether oxygens (including phenoxy) is 1. The molecule has 1 saturated carbocycles. The summed E-state index contributed by atoms with van der Waals surface area (Å²) in [6.07, 6.45) is 2.12. The van der Waals surface area contributed by atoms with Gasteiger partial charge >= 0.3 is 0 Å². The van der Waals surface area contributed by atoms with Crippen molar-refractivity contribution in [3.05, 3.63) is 52.2 Å². The third-order valence-corrected chi connectivity index (χ3v) is 5.40. The highest BCUT2D eigenvalue weighted by Gasteiger charge is 2.24. The molecule has 7 nitrogen and oxygen atoms in total. The standard InChI is InChI=1S/C22H30N4O3S.HI/c1-3-23-21(25-15-22(2,28)17-9-10-30-14-17)24-12-16-5-4-6-19(11-16)29-13-20(27)26-18-7-8-18;/h4-6,9-11,14,18,28H,3,7-8,12-13,15H2,1-2H3,(H,26,27)(H2,23,24,25);1H. The molecule has 31 heavy (non-hydrogen) atoms. The number of aliphatic hydroxyl groups is 1. The molecule has 9 heteroatoms. The van der Waals surface area contributed by atoms with E-state index in [9.17, 15) is 9.90 Å². The zero-order valence-corrected chi connectivity index (χ0v) is 21.0. The summed E-state index contributed by atoms with van der Waals surface area (Å²) < 4.78 is 5.60. The number of rotatable bonds is 10. The Kier molecular flexibility index (Phi) is 10.0. The number of amides is 1. The molecule has 2 aromatic rings. The van der Waals surface area contributed by atoms with Crippen LogP contribution in [0.15, 0.2) is 46.1 Å². The maximum Gasteiger partial charge on any atom is 0.258 e. The van der Waals surface area contributed by atoms with Crippen LogP contribution in [-0.4, -0.2) is 42.7 Å². The monoisotopic (exact) mass is 558 g/mol. The molecule has 3 rings (SSSR count). The first kappa shape index (κ1) is 25.4. The van der Waals surface area contributed by atoms with Gasteiger partial charge in [-0.25, -0.2) is 4.99 Å². The van der Waals surface area contributed by atoms with E-state index < -0.39 is 5.60 Å². The van der Waals surface area contributed by atoms with Crippen molar-refractivity contribution in [1.82, 2.24) is 16.0 Å². The van der Waals surface area contributed by atoms with E-state index in [-0.39, 0.29) is 36.5 Å². The van der Waals surface area contributed by atoms with Crippen molar-refractivity contribution in [2.24, 2.45) is 4.99 Å². The summed E-state index contributed by atoms with van der Waals surface area (Å²) in [6, 6.07) is 9.83. The van der Waals surface area contributed by atoms with Gasteiger partial charge in [-0.2, -0.15) is 11.3 Å². The van der Waals surface area contributed by atoms with E-state index in [1.54, 1.807) is 18.3 Å². The molecular weight excluding hydrogens is 527 g/mol. The number of nitrogens with zero attached hydrogens (tertiary/aromatic N) is 1. The minimum atomic E-state index is -0.981. The number of carbonyl (C=O) groups is 1. The first-order chi connectivity index (χ1) is 14.5. The van der Waals surface area contributed by atoms with Crippen LogP contribution in [0.5, 0.6) is 5.75 Å². The van der Waals surface area contributed by atoms with Gasteiger partial charge in [0.15, 0.2) is 12.6 Å². The number of thiophene rings is 1. The second kappa shape index (κ2) is 12.3. The fourth-order valence-corrected chi connectivity index (χ4v) is 3.60. The van der Waals surface area contributed by atoms with Crippen LogP contribution >= 0.6 is 35.3 Å².